The lowest BCUT2D eigenvalue weighted by Gasteiger charge is -2.38. The van der Waals surface area contributed by atoms with E-state index in [0.29, 0.717) is 6.61 Å². The second-order valence-corrected chi connectivity index (χ2v) is 8.29. The van der Waals surface area contributed by atoms with Crippen LogP contribution in [0.3, 0.4) is 0 Å². The van der Waals surface area contributed by atoms with E-state index in [0.717, 1.165) is 0 Å². The Morgan fingerprint density at radius 2 is 1.59 bits per heavy atom. The summed E-state index contributed by atoms with van der Waals surface area (Å²) in [6, 6.07) is 0. The Morgan fingerprint density at radius 3 is 2.26 bits per heavy atom. The second kappa shape index (κ2) is 6.84. The van der Waals surface area contributed by atoms with Gasteiger partial charge in [0.2, 0.25) is 0 Å². The Morgan fingerprint density at radius 1 is 0.852 bits per heavy atom. The highest BCUT2D eigenvalue weighted by atomic mass is 16.9. The highest BCUT2D eigenvalue weighted by molar-refractivity contribution is 4.99. The molecule has 4 aliphatic heterocycles. The van der Waals surface area contributed by atoms with Gasteiger partial charge in [-0.2, -0.15) is 0 Å². The van der Waals surface area contributed by atoms with Crippen LogP contribution in [0.5, 0.6) is 0 Å². The van der Waals surface area contributed by atoms with Crippen molar-refractivity contribution < 1.29 is 48.5 Å². The fourth-order valence-electron chi connectivity index (χ4n) is 3.89. The van der Waals surface area contributed by atoms with Crippen LogP contribution in [0.25, 0.3) is 0 Å². The molecule has 4 heterocycles. The largest absolute Gasteiger partial charge is 0.388 e. The Labute approximate surface area is 157 Å². The van der Waals surface area contributed by atoms with Crippen molar-refractivity contribution in [1.29, 1.82) is 0 Å². The molecule has 4 aliphatic rings. The van der Waals surface area contributed by atoms with Crippen LogP contribution >= 0.6 is 0 Å². The highest BCUT2D eigenvalue weighted by Gasteiger charge is 2.60. The normalized spacial score (nSPS) is 51.4. The second-order valence-electron chi connectivity index (χ2n) is 8.29. The first kappa shape index (κ1) is 19.9. The maximum absolute atomic E-state index is 10.2. The number of hydrogen-bond donors (Lipinski definition) is 3. The Bertz CT molecular complexity index is 554. The van der Waals surface area contributed by atoms with E-state index in [-0.39, 0.29) is 6.61 Å². The van der Waals surface area contributed by atoms with E-state index < -0.39 is 66.9 Å². The lowest BCUT2D eigenvalue weighted by molar-refractivity contribution is -0.303. The zero-order valence-electron chi connectivity index (χ0n) is 15.8. The number of rotatable bonds is 3. The van der Waals surface area contributed by atoms with Gasteiger partial charge >= 0.3 is 0 Å². The molecule has 0 aromatic rings. The standard InChI is InChI=1S/C17H28O10/c1-16(2)22-6-8(25-16)11-12(13-15(23-11)27-17(3,4)26-13)24-14-10(20)9(19)7(18)5-21-14/h7-15,18-20H,5-6H2,1-4H3/t7-,8?,9-,10-,11?,12?,13?,14-,15?/m1/s1. The summed E-state index contributed by atoms with van der Waals surface area (Å²) in [6.07, 6.45) is -8.07. The number of fused-ring (bicyclic) bond motifs is 1. The molecular formula is C17H28O10. The highest BCUT2D eigenvalue weighted by Crippen LogP contribution is 2.42. The molecule has 10 nitrogen and oxygen atoms in total. The van der Waals surface area contributed by atoms with Crippen molar-refractivity contribution in [3.8, 4) is 0 Å². The minimum atomic E-state index is -1.42. The van der Waals surface area contributed by atoms with E-state index in [9.17, 15) is 15.3 Å². The molecule has 0 saturated carbocycles. The van der Waals surface area contributed by atoms with Gasteiger partial charge in [0.25, 0.3) is 0 Å². The lowest BCUT2D eigenvalue weighted by atomic mass is 10.0. The molecule has 27 heavy (non-hydrogen) atoms. The summed E-state index contributed by atoms with van der Waals surface area (Å²) in [5.41, 5.74) is 0. The van der Waals surface area contributed by atoms with Crippen LogP contribution in [-0.2, 0) is 33.2 Å². The van der Waals surface area contributed by atoms with E-state index in [1.54, 1.807) is 27.7 Å². The maximum Gasteiger partial charge on any atom is 0.190 e. The zero-order valence-corrected chi connectivity index (χ0v) is 15.8. The number of aliphatic hydroxyl groups is 3. The molecule has 156 valence electrons. The maximum atomic E-state index is 10.2. The van der Waals surface area contributed by atoms with Gasteiger partial charge in [-0.05, 0) is 27.7 Å². The molecule has 0 aromatic heterocycles. The van der Waals surface area contributed by atoms with Crippen LogP contribution in [0.1, 0.15) is 27.7 Å². The first-order chi connectivity index (χ1) is 12.6. The van der Waals surface area contributed by atoms with Gasteiger partial charge < -0.3 is 48.5 Å². The molecule has 10 heteroatoms. The number of hydrogen-bond acceptors (Lipinski definition) is 10. The van der Waals surface area contributed by atoms with E-state index in [4.69, 9.17) is 33.2 Å². The van der Waals surface area contributed by atoms with Crippen LogP contribution in [0.15, 0.2) is 0 Å². The molecule has 0 spiro atoms. The fourth-order valence-corrected chi connectivity index (χ4v) is 3.89. The summed E-state index contributed by atoms with van der Waals surface area (Å²) in [5, 5.41) is 29.8. The predicted octanol–water partition coefficient (Wildman–Crippen LogP) is -1.16. The third-order valence-corrected chi connectivity index (χ3v) is 5.17. The van der Waals surface area contributed by atoms with Crippen molar-refractivity contribution in [3.05, 3.63) is 0 Å². The Kier molecular flexibility index (Phi) is 5.04. The molecular weight excluding hydrogens is 364 g/mol. The zero-order chi connectivity index (χ0) is 19.6. The molecule has 0 radical (unpaired) electrons. The quantitative estimate of drug-likeness (QED) is 0.541. The molecule has 4 rings (SSSR count). The van der Waals surface area contributed by atoms with Gasteiger partial charge in [0, 0.05) is 0 Å². The number of ether oxygens (including phenoxy) is 7. The van der Waals surface area contributed by atoms with Gasteiger partial charge in [-0.1, -0.05) is 0 Å². The van der Waals surface area contributed by atoms with E-state index in [2.05, 4.69) is 0 Å². The molecule has 5 unspecified atom stereocenters. The van der Waals surface area contributed by atoms with Crippen LogP contribution in [0.4, 0.5) is 0 Å². The molecule has 4 fully saturated rings. The Balaban J connectivity index is 1.52. The smallest absolute Gasteiger partial charge is 0.190 e. The van der Waals surface area contributed by atoms with Gasteiger partial charge in [0.05, 0.1) is 13.2 Å². The molecule has 3 N–H and O–H groups in total. The van der Waals surface area contributed by atoms with Gasteiger partial charge in [-0.25, -0.2) is 0 Å². The van der Waals surface area contributed by atoms with Crippen LogP contribution in [-0.4, -0.2) is 95.4 Å². The number of aliphatic hydroxyl groups excluding tert-OH is 3. The molecule has 9 atom stereocenters. The summed E-state index contributed by atoms with van der Waals surface area (Å²) >= 11 is 0. The monoisotopic (exact) mass is 392 g/mol. The van der Waals surface area contributed by atoms with Gasteiger partial charge in [0.1, 0.15) is 42.7 Å². The minimum Gasteiger partial charge on any atom is -0.388 e. The minimum absolute atomic E-state index is 0.159. The third kappa shape index (κ3) is 3.76. The molecule has 0 amide bonds. The average Bonchev–Trinajstić information content (AvgIpc) is 3.18. The van der Waals surface area contributed by atoms with Crippen molar-refractivity contribution in [3.63, 3.8) is 0 Å². The summed E-state index contributed by atoms with van der Waals surface area (Å²) in [4.78, 5) is 0. The predicted molar refractivity (Wildman–Crippen MR) is 86.2 cm³/mol. The van der Waals surface area contributed by atoms with Crippen molar-refractivity contribution in [2.24, 2.45) is 0 Å². The van der Waals surface area contributed by atoms with E-state index >= 15 is 0 Å². The van der Waals surface area contributed by atoms with Crippen molar-refractivity contribution in [1.82, 2.24) is 0 Å². The van der Waals surface area contributed by atoms with Crippen LogP contribution < -0.4 is 0 Å². The first-order valence-corrected chi connectivity index (χ1v) is 9.20. The first-order valence-electron chi connectivity index (χ1n) is 9.20. The molecule has 0 aromatic carbocycles. The van der Waals surface area contributed by atoms with Gasteiger partial charge in [0.15, 0.2) is 24.2 Å². The van der Waals surface area contributed by atoms with Gasteiger partial charge in [-0.3, -0.25) is 0 Å². The SMILES string of the molecule is CC1(C)OCC(C2OC3OC(C)(C)OC3C2O[C@H]2OC[C@@H](O)[C@@H](O)[C@H]2O)O1. The third-order valence-electron chi connectivity index (χ3n) is 5.17. The average molecular weight is 392 g/mol. The van der Waals surface area contributed by atoms with Crippen LogP contribution in [0.2, 0.25) is 0 Å². The summed E-state index contributed by atoms with van der Waals surface area (Å²) in [5.74, 6) is -1.60. The van der Waals surface area contributed by atoms with Crippen molar-refractivity contribution in [2.45, 2.75) is 94.6 Å². The van der Waals surface area contributed by atoms with Crippen molar-refractivity contribution in [2.75, 3.05) is 13.2 Å². The topological polar surface area (TPSA) is 125 Å². The van der Waals surface area contributed by atoms with Crippen LogP contribution in [0, 0.1) is 0 Å². The van der Waals surface area contributed by atoms with Gasteiger partial charge in [-0.15, -0.1) is 0 Å². The van der Waals surface area contributed by atoms with Crippen molar-refractivity contribution >= 4 is 0 Å². The molecule has 4 saturated heterocycles. The van der Waals surface area contributed by atoms with E-state index in [1.165, 1.54) is 0 Å². The van der Waals surface area contributed by atoms with E-state index in [1.807, 2.05) is 0 Å². The Hall–Kier alpha value is -0.400. The summed E-state index contributed by atoms with van der Waals surface area (Å²) < 4.78 is 40.6. The fraction of sp³-hybridized carbons (Fsp3) is 1.00. The summed E-state index contributed by atoms with van der Waals surface area (Å²) in [7, 11) is 0. The molecule has 0 bridgehead atoms. The molecule has 0 aliphatic carbocycles. The lowest BCUT2D eigenvalue weighted by Crippen LogP contribution is -2.56. The summed E-state index contributed by atoms with van der Waals surface area (Å²) in [6.45, 7) is 7.29.